The van der Waals surface area contributed by atoms with Crippen LogP contribution in [0.2, 0.25) is 0 Å². The molecule has 1 aliphatic heterocycles. The zero-order valence-electron chi connectivity index (χ0n) is 15.7. The van der Waals surface area contributed by atoms with Crippen molar-refractivity contribution in [3.05, 3.63) is 70.1 Å². The van der Waals surface area contributed by atoms with Crippen LogP contribution in [0.1, 0.15) is 30.5 Å². The third kappa shape index (κ3) is 4.44. The van der Waals surface area contributed by atoms with Crippen LogP contribution >= 0.6 is 11.8 Å². The van der Waals surface area contributed by atoms with Crippen molar-refractivity contribution in [1.82, 2.24) is 4.90 Å². The fraction of sp³-hybridized carbons (Fsp3) is 0.227. The Balaban J connectivity index is 1.81. The summed E-state index contributed by atoms with van der Waals surface area (Å²) in [6.07, 6.45) is 1.69. The molecule has 0 aromatic heterocycles. The summed E-state index contributed by atoms with van der Waals surface area (Å²) in [6, 6.07) is 16.7. The number of imide groups is 1. The van der Waals surface area contributed by atoms with E-state index < -0.39 is 0 Å². The van der Waals surface area contributed by atoms with E-state index in [0.29, 0.717) is 28.3 Å². The summed E-state index contributed by atoms with van der Waals surface area (Å²) in [5.41, 5.74) is 2.07. The summed E-state index contributed by atoms with van der Waals surface area (Å²) in [4.78, 5) is 26.4. The van der Waals surface area contributed by atoms with Crippen LogP contribution in [0.4, 0.5) is 4.79 Å². The number of rotatable bonds is 6. The molecule has 0 unspecified atom stereocenters. The van der Waals surface area contributed by atoms with Crippen LogP contribution in [-0.2, 0) is 11.4 Å². The maximum Gasteiger partial charge on any atom is 0.293 e. The molecular formula is C22H20N2O3S. The summed E-state index contributed by atoms with van der Waals surface area (Å²) >= 11 is 0.948. The highest BCUT2D eigenvalue weighted by Crippen LogP contribution is 2.34. The van der Waals surface area contributed by atoms with Gasteiger partial charge in [-0.2, -0.15) is 5.26 Å². The zero-order chi connectivity index (χ0) is 20.1. The van der Waals surface area contributed by atoms with E-state index in [9.17, 15) is 14.9 Å². The highest BCUT2D eigenvalue weighted by molar-refractivity contribution is 8.18. The summed E-state index contributed by atoms with van der Waals surface area (Å²) in [7, 11) is 0. The molecule has 2 aromatic rings. The molecule has 0 bridgehead atoms. The molecule has 142 valence electrons. The molecule has 0 N–H and O–H groups in total. The van der Waals surface area contributed by atoms with Crippen molar-refractivity contribution in [1.29, 1.82) is 5.26 Å². The van der Waals surface area contributed by atoms with Gasteiger partial charge < -0.3 is 4.74 Å². The average Bonchev–Trinajstić information content (AvgIpc) is 2.94. The van der Waals surface area contributed by atoms with Gasteiger partial charge in [0.05, 0.1) is 16.5 Å². The Morgan fingerprint density at radius 2 is 1.86 bits per heavy atom. The van der Waals surface area contributed by atoms with Crippen LogP contribution in [0.25, 0.3) is 6.08 Å². The smallest absolute Gasteiger partial charge is 0.293 e. The molecule has 1 saturated heterocycles. The van der Waals surface area contributed by atoms with Crippen molar-refractivity contribution in [3.8, 4) is 11.8 Å². The first-order valence-corrected chi connectivity index (χ1v) is 9.76. The highest BCUT2D eigenvalue weighted by atomic mass is 32.2. The average molecular weight is 392 g/mol. The Labute approximate surface area is 168 Å². The Hall–Kier alpha value is -3.04. The third-order valence-corrected chi connectivity index (χ3v) is 5.06. The first-order chi connectivity index (χ1) is 13.5. The molecule has 0 atom stereocenters. The Kier molecular flexibility index (Phi) is 6.17. The highest BCUT2D eigenvalue weighted by Gasteiger charge is 2.35. The van der Waals surface area contributed by atoms with Gasteiger partial charge in [0.25, 0.3) is 11.1 Å². The van der Waals surface area contributed by atoms with E-state index >= 15 is 0 Å². The molecule has 28 heavy (non-hydrogen) atoms. The van der Waals surface area contributed by atoms with Gasteiger partial charge in [-0.3, -0.25) is 14.5 Å². The molecule has 6 heteroatoms. The van der Waals surface area contributed by atoms with Gasteiger partial charge >= 0.3 is 0 Å². The van der Waals surface area contributed by atoms with Gasteiger partial charge in [-0.05, 0) is 35.9 Å². The van der Waals surface area contributed by atoms with Crippen LogP contribution in [0.5, 0.6) is 5.75 Å². The minimum Gasteiger partial charge on any atom is -0.488 e. The van der Waals surface area contributed by atoms with Gasteiger partial charge in [0.1, 0.15) is 12.4 Å². The van der Waals surface area contributed by atoms with Crippen LogP contribution in [0.3, 0.4) is 0 Å². The number of para-hydroxylation sites is 1. The molecule has 0 spiro atoms. The van der Waals surface area contributed by atoms with Gasteiger partial charge in [-0.25, -0.2) is 0 Å². The Bertz CT molecular complexity index is 976. The Morgan fingerprint density at radius 3 is 2.61 bits per heavy atom. The number of hydrogen-bond acceptors (Lipinski definition) is 5. The number of benzene rings is 2. The first-order valence-electron chi connectivity index (χ1n) is 8.94. The number of carbonyl (C=O) groups is 2. The van der Waals surface area contributed by atoms with Crippen molar-refractivity contribution in [2.24, 2.45) is 5.92 Å². The largest absolute Gasteiger partial charge is 0.488 e. The minimum atomic E-state index is -0.270. The molecule has 0 radical (unpaired) electrons. The second-order valence-electron chi connectivity index (χ2n) is 6.78. The predicted molar refractivity (Wildman–Crippen MR) is 109 cm³/mol. The molecule has 1 fully saturated rings. The van der Waals surface area contributed by atoms with Crippen molar-refractivity contribution in [2.45, 2.75) is 20.5 Å². The van der Waals surface area contributed by atoms with Gasteiger partial charge in [-0.1, -0.05) is 50.2 Å². The fourth-order valence-corrected chi connectivity index (χ4v) is 3.64. The third-order valence-electron chi connectivity index (χ3n) is 4.15. The molecule has 3 rings (SSSR count). The lowest BCUT2D eigenvalue weighted by Gasteiger charge is -2.14. The maximum atomic E-state index is 12.6. The van der Waals surface area contributed by atoms with Crippen molar-refractivity contribution in [3.63, 3.8) is 0 Å². The zero-order valence-corrected chi connectivity index (χ0v) is 16.5. The molecule has 1 heterocycles. The van der Waals surface area contributed by atoms with Crippen LogP contribution < -0.4 is 4.74 Å². The van der Waals surface area contributed by atoms with Gasteiger partial charge in [0.15, 0.2) is 0 Å². The summed E-state index contributed by atoms with van der Waals surface area (Å²) in [5.74, 6) is 0.530. The van der Waals surface area contributed by atoms with E-state index in [1.165, 1.54) is 4.90 Å². The quantitative estimate of drug-likeness (QED) is 0.659. The van der Waals surface area contributed by atoms with Crippen LogP contribution in [0, 0.1) is 17.2 Å². The van der Waals surface area contributed by atoms with E-state index in [-0.39, 0.29) is 23.7 Å². The number of carbonyl (C=O) groups excluding carboxylic acids is 2. The molecule has 1 aliphatic rings. The van der Waals surface area contributed by atoms with Gasteiger partial charge in [0.2, 0.25) is 0 Å². The number of hydrogen-bond donors (Lipinski definition) is 0. The van der Waals surface area contributed by atoms with Crippen LogP contribution in [-0.4, -0.2) is 22.6 Å². The molecule has 0 aliphatic carbocycles. The Morgan fingerprint density at radius 1 is 1.14 bits per heavy atom. The van der Waals surface area contributed by atoms with Crippen molar-refractivity contribution < 1.29 is 14.3 Å². The monoisotopic (exact) mass is 392 g/mol. The fourth-order valence-electron chi connectivity index (χ4n) is 2.81. The summed E-state index contributed by atoms with van der Waals surface area (Å²) < 4.78 is 5.91. The lowest BCUT2D eigenvalue weighted by atomic mass is 10.1. The molecule has 2 aromatic carbocycles. The first kappa shape index (κ1) is 19.7. The normalized spacial score (nSPS) is 15.4. The molecular weight excluding hydrogens is 372 g/mol. The number of thioether (sulfide) groups is 1. The van der Waals surface area contributed by atoms with Crippen molar-refractivity contribution in [2.75, 3.05) is 6.54 Å². The van der Waals surface area contributed by atoms with Crippen molar-refractivity contribution >= 4 is 29.0 Å². The number of nitrogens with zero attached hydrogens (tertiary/aromatic N) is 2. The number of nitriles is 1. The second kappa shape index (κ2) is 8.77. The van der Waals surface area contributed by atoms with Gasteiger partial charge in [0, 0.05) is 17.7 Å². The predicted octanol–water partition coefficient (Wildman–Crippen LogP) is 4.83. The minimum absolute atomic E-state index is 0.212. The lowest BCUT2D eigenvalue weighted by Crippen LogP contribution is -2.31. The van der Waals surface area contributed by atoms with E-state index in [4.69, 9.17) is 4.74 Å². The van der Waals surface area contributed by atoms with Crippen LogP contribution in [0.15, 0.2) is 53.4 Å². The number of ether oxygens (including phenoxy) is 1. The molecule has 5 nitrogen and oxygen atoms in total. The van der Waals surface area contributed by atoms with E-state index in [1.54, 1.807) is 18.2 Å². The lowest BCUT2D eigenvalue weighted by molar-refractivity contribution is -0.123. The summed E-state index contributed by atoms with van der Waals surface area (Å²) in [6.45, 7) is 4.58. The van der Waals surface area contributed by atoms with E-state index in [1.807, 2.05) is 50.2 Å². The maximum absolute atomic E-state index is 12.6. The summed E-state index contributed by atoms with van der Waals surface area (Å²) in [5, 5.41) is 8.97. The second-order valence-corrected chi connectivity index (χ2v) is 7.77. The van der Waals surface area contributed by atoms with Gasteiger partial charge in [-0.15, -0.1) is 0 Å². The topological polar surface area (TPSA) is 70.4 Å². The van der Waals surface area contributed by atoms with E-state index in [2.05, 4.69) is 6.07 Å². The molecule has 2 amide bonds. The number of amides is 2. The standard InChI is InChI=1S/C22H20N2O3S/c1-15(2)13-24-21(25)20(28-22(24)26)11-16-7-5-6-10-19(16)27-14-18-9-4-3-8-17(18)12-23/h3-11,15H,13-14H2,1-2H3/b20-11-. The molecule has 0 saturated carbocycles. The SMILES string of the molecule is CC(C)CN1C(=O)S/C(=C\c2ccccc2OCc2ccccc2C#N)C1=O. The van der Waals surface area contributed by atoms with E-state index in [0.717, 1.165) is 17.3 Å².